The fraction of sp³-hybridized carbons (Fsp3) is 0.417. The van der Waals surface area contributed by atoms with Gasteiger partial charge in [0.25, 0.3) is 0 Å². The highest BCUT2D eigenvalue weighted by Gasteiger charge is 2.23. The van der Waals surface area contributed by atoms with Crippen molar-refractivity contribution in [3.8, 4) is 0 Å². The molecule has 0 bridgehead atoms. The second-order valence-electron chi connectivity index (χ2n) is 4.16. The molecule has 1 rings (SSSR count). The molecule has 1 aromatic rings. The lowest BCUT2D eigenvalue weighted by atomic mass is 9.90. The Morgan fingerprint density at radius 1 is 1.33 bits per heavy atom. The minimum atomic E-state index is -0.401. The van der Waals surface area contributed by atoms with Gasteiger partial charge in [0, 0.05) is 10.3 Å². The van der Waals surface area contributed by atoms with E-state index in [1.807, 2.05) is 32.0 Å². The average molecular weight is 223 g/mol. The van der Waals surface area contributed by atoms with Crippen LogP contribution in [0.15, 0.2) is 35.2 Å². The molecule has 0 atom stereocenters. The highest BCUT2D eigenvalue weighted by atomic mass is 32.2. The van der Waals surface area contributed by atoms with Crippen molar-refractivity contribution in [2.45, 2.75) is 25.2 Å². The number of hydrogen-bond donors (Lipinski definition) is 1. The average Bonchev–Trinajstić information content (AvgIpc) is 2.19. The maximum Gasteiger partial charge on any atom is 0.223 e. The Balaban J connectivity index is 2.37. The maximum atomic E-state index is 11.1. The van der Waals surface area contributed by atoms with Gasteiger partial charge in [-0.15, -0.1) is 11.8 Å². The lowest BCUT2D eigenvalue weighted by molar-refractivity contribution is -0.126. The Hall–Kier alpha value is -0.960. The minimum Gasteiger partial charge on any atom is -0.369 e. The monoisotopic (exact) mass is 223 g/mol. The molecule has 0 aliphatic heterocycles. The number of amides is 1. The van der Waals surface area contributed by atoms with Crippen LogP contribution in [0.4, 0.5) is 0 Å². The molecular weight excluding hydrogens is 206 g/mol. The lowest BCUT2D eigenvalue weighted by Crippen LogP contribution is -2.31. The molecule has 15 heavy (non-hydrogen) atoms. The number of hydrogen-bond acceptors (Lipinski definition) is 2. The standard InChI is InChI=1S/C12H17NOS/c1-12(2,11(13)14)8-9-15-10-6-4-3-5-7-10/h3-7H,8-9H2,1-2H3,(H2,13,14). The van der Waals surface area contributed by atoms with Gasteiger partial charge in [0.2, 0.25) is 5.91 Å². The van der Waals surface area contributed by atoms with Gasteiger partial charge in [0.05, 0.1) is 0 Å². The van der Waals surface area contributed by atoms with E-state index in [1.165, 1.54) is 4.90 Å². The number of rotatable bonds is 5. The molecule has 0 unspecified atom stereocenters. The molecule has 0 aromatic heterocycles. The van der Waals surface area contributed by atoms with Crippen molar-refractivity contribution < 1.29 is 4.79 Å². The summed E-state index contributed by atoms with van der Waals surface area (Å²) in [6, 6.07) is 10.2. The summed E-state index contributed by atoms with van der Waals surface area (Å²) in [6.45, 7) is 3.78. The molecular formula is C12H17NOS. The van der Waals surface area contributed by atoms with Crippen LogP contribution in [-0.4, -0.2) is 11.7 Å². The Kier molecular flexibility index (Phi) is 4.21. The first-order valence-electron chi connectivity index (χ1n) is 5.00. The zero-order valence-electron chi connectivity index (χ0n) is 9.19. The van der Waals surface area contributed by atoms with Crippen molar-refractivity contribution in [3.05, 3.63) is 30.3 Å². The van der Waals surface area contributed by atoms with Gasteiger partial charge in [-0.2, -0.15) is 0 Å². The molecule has 82 valence electrons. The van der Waals surface area contributed by atoms with E-state index in [9.17, 15) is 4.79 Å². The lowest BCUT2D eigenvalue weighted by Gasteiger charge is -2.19. The van der Waals surface area contributed by atoms with E-state index in [0.717, 1.165) is 12.2 Å². The highest BCUT2D eigenvalue weighted by molar-refractivity contribution is 7.99. The highest BCUT2D eigenvalue weighted by Crippen LogP contribution is 2.25. The van der Waals surface area contributed by atoms with Gasteiger partial charge in [0.1, 0.15) is 0 Å². The van der Waals surface area contributed by atoms with Crippen molar-refractivity contribution in [1.82, 2.24) is 0 Å². The fourth-order valence-electron chi connectivity index (χ4n) is 1.06. The van der Waals surface area contributed by atoms with E-state index in [0.29, 0.717) is 0 Å². The van der Waals surface area contributed by atoms with Crippen LogP contribution in [-0.2, 0) is 4.79 Å². The van der Waals surface area contributed by atoms with Crippen LogP contribution in [0, 0.1) is 5.41 Å². The van der Waals surface area contributed by atoms with Crippen LogP contribution < -0.4 is 5.73 Å². The maximum absolute atomic E-state index is 11.1. The predicted octanol–water partition coefficient (Wildman–Crippen LogP) is 2.68. The number of benzene rings is 1. The third-order valence-electron chi connectivity index (χ3n) is 2.41. The van der Waals surface area contributed by atoms with Crippen LogP contribution in [0.3, 0.4) is 0 Å². The molecule has 1 aromatic carbocycles. The summed E-state index contributed by atoms with van der Waals surface area (Å²) in [6.07, 6.45) is 0.807. The summed E-state index contributed by atoms with van der Waals surface area (Å²) >= 11 is 1.76. The normalized spacial score (nSPS) is 11.3. The van der Waals surface area contributed by atoms with E-state index < -0.39 is 5.41 Å². The topological polar surface area (TPSA) is 43.1 Å². The van der Waals surface area contributed by atoms with Gasteiger partial charge < -0.3 is 5.73 Å². The number of thioether (sulfide) groups is 1. The first kappa shape index (κ1) is 12.1. The van der Waals surface area contributed by atoms with E-state index >= 15 is 0 Å². The van der Waals surface area contributed by atoms with Gasteiger partial charge in [-0.05, 0) is 24.3 Å². The number of carbonyl (C=O) groups excluding carboxylic acids is 1. The van der Waals surface area contributed by atoms with E-state index in [-0.39, 0.29) is 5.91 Å². The predicted molar refractivity (Wildman–Crippen MR) is 64.8 cm³/mol. The van der Waals surface area contributed by atoms with Gasteiger partial charge in [-0.3, -0.25) is 4.79 Å². The van der Waals surface area contributed by atoms with Crippen molar-refractivity contribution >= 4 is 17.7 Å². The van der Waals surface area contributed by atoms with Crippen LogP contribution in [0.25, 0.3) is 0 Å². The Bertz CT molecular complexity index is 322. The van der Waals surface area contributed by atoms with Crippen LogP contribution >= 0.6 is 11.8 Å². The molecule has 0 aliphatic rings. The molecule has 0 spiro atoms. The summed E-state index contributed by atoms with van der Waals surface area (Å²) in [5, 5.41) is 0. The molecule has 3 heteroatoms. The summed E-state index contributed by atoms with van der Waals surface area (Å²) in [5.41, 5.74) is 4.90. The molecule has 0 heterocycles. The van der Waals surface area contributed by atoms with Crippen molar-refractivity contribution in [2.24, 2.45) is 11.1 Å². The van der Waals surface area contributed by atoms with Crippen molar-refractivity contribution in [2.75, 3.05) is 5.75 Å². The Morgan fingerprint density at radius 3 is 2.47 bits per heavy atom. The SMILES string of the molecule is CC(C)(CCSc1ccccc1)C(N)=O. The number of primary amides is 1. The van der Waals surface area contributed by atoms with E-state index in [2.05, 4.69) is 12.1 Å². The summed E-state index contributed by atoms with van der Waals surface area (Å²) < 4.78 is 0. The van der Waals surface area contributed by atoms with Gasteiger partial charge in [0.15, 0.2) is 0 Å². The summed E-state index contributed by atoms with van der Waals surface area (Å²) in [7, 11) is 0. The zero-order chi connectivity index (χ0) is 11.3. The molecule has 2 nitrogen and oxygen atoms in total. The zero-order valence-corrected chi connectivity index (χ0v) is 10.0. The van der Waals surface area contributed by atoms with Crippen LogP contribution in [0.5, 0.6) is 0 Å². The smallest absolute Gasteiger partial charge is 0.223 e. The van der Waals surface area contributed by atoms with Gasteiger partial charge >= 0.3 is 0 Å². The Morgan fingerprint density at radius 2 is 1.93 bits per heavy atom. The van der Waals surface area contributed by atoms with Gasteiger partial charge in [-0.25, -0.2) is 0 Å². The third-order valence-corrected chi connectivity index (χ3v) is 3.42. The second-order valence-corrected chi connectivity index (χ2v) is 5.33. The van der Waals surface area contributed by atoms with Crippen molar-refractivity contribution in [3.63, 3.8) is 0 Å². The first-order valence-corrected chi connectivity index (χ1v) is 5.99. The van der Waals surface area contributed by atoms with E-state index in [4.69, 9.17) is 5.73 Å². The number of carbonyl (C=O) groups is 1. The molecule has 0 fully saturated rings. The molecule has 0 saturated carbocycles. The van der Waals surface area contributed by atoms with Crippen LogP contribution in [0.1, 0.15) is 20.3 Å². The molecule has 0 radical (unpaired) electrons. The molecule has 0 saturated heterocycles. The fourth-order valence-corrected chi connectivity index (χ4v) is 2.26. The minimum absolute atomic E-state index is 0.226. The first-order chi connectivity index (χ1) is 7.02. The second kappa shape index (κ2) is 5.21. The molecule has 0 aliphatic carbocycles. The quantitative estimate of drug-likeness (QED) is 0.780. The van der Waals surface area contributed by atoms with Crippen LogP contribution in [0.2, 0.25) is 0 Å². The summed E-state index contributed by atoms with van der Waals surface area (Å²) in [4.78, 5) is 12.3. The van der Waals surface area contributed by atoms with Gasteiger partial charge in [-0.1, -0.05) is 32.0 Å². The third kappa shape index (κ3) is 3.96. The molecule has 2 N–H and O–H groups in total. The van der Waals surface area contributed by atoms with E-state index in [1.54, 1.807) is 11.8 Å². The molecule has 1 amide bonds. The van der Waals surface area contributed by atoms with Crippen molar-refractivity contribution in [1.29, 1.82) is 0 Å². The number of nitrogens with two attached hydrogens (primary N) is 1. The summed E-state index contributed by atoms with van der Waals surface area (Å²) in [5.74, 6) is 0.691. The Labute approximate surface area is 95.2 Å². The largest absolute Gasteiger partial charge is 0.369 e.